The van der Waals surface area contributed by atoms with E-state index in [2.05, 4.69) is 20.3 Å². The predicted molar refractivity (Wildman–Crippen MR) is 54.1 cm³/mol. The first-order valence-electron chi connectivity index (χ1n) is 4.24. The number of hydrogen-bond donors (Lipinski definition) is 2. The Labute approximate surface area is 95.6 Å². The molecule has 1 aliphatic rings. The lowest BCUT2D eigenvalue weighted by atomic mass is 10.2. The maximum absolute atomic E-state index is 9.46. The minimum absolute atomic E-state index is 0.00547. The summed E-state index contributed by atoms with van der Waals surface area (Å²) in [5, 5.41) is 12.3. The van der Waals surface area contributed by atoms with Crippen molar-refractivity contribution in [3.63, 3.8) is 0 Å². The fourth-order valence-electron chi connectivity index (χ4n) is 1.24. The van der Waals surface area contributed by atoms with E-state index in [1.807, 2.05) is 0 Å². The molecule has 0 bridgehead atoms. The third kappa shape index (κ3) is 2.66. The van der Waals surface area contributed by atoms with Crippen molar-refractivity contribution in [2.24, 2.45) is 0 Å². The van der Waals surface area contributed by atoms with Crippen LogP contribution >= 0.6 is 23.2 Å². The SMILES string of the molecule is OC1COCC1Nc1nc(Cl)nc(Cl)n1. The number of aliphatic hydroxyl groups is 1. The maximum Gasteiger partial charge on any atom is 0.228 e. The summed E-state index contributed by atoms with van der Waals surface area (Å²) >= 11 is 11.2. The van der Waals surface area contributed by atoms with Crippen molar-refractivity contribution in [2.45, 2.75) is 12.1 Å². The van der Waals surface area contributed by atoms with Gasteiger partial charge in [0.1, 0.15) is 0 Å². The summed E-state index contributed by atoms with van der Waals surface area (Å²) in [5.41, 5.74) is 0. The van der Waals surface area contributed by atoms with Crippen LogP contribution in [-0.4, -0.2) is 45.4 Å². The molecule has 2 heterocycles. The van der Waals surface area contributed by atoms with E-state index in [0.29, 0.717) is 13.2 Å². The summed E-state index contributed by atoms with van der Waals surface area (Å²) in [6.45, 7) is 0.687. The second-order valence-electron chi connectivity index (χ2n) is 3.05. The molecule has 1 saturated heterocycles. The molecule has 1 aromatic rings. The van der Waals surface area contributed by atoms with Gasteiger partial charge in [0.25, 0.3) is 0 Å². The third-order valence-electron chi connectivity index (χ3n) is 1.95. The largest absolute Gasteiger partial charge is 0.388 e. The van der Waals surface area contributed by atoms with Crippen LogP contribution in [0.5, 0.6) is 0 Å². The second kappa shape index (κ2) is 4.44. The number of ether oxygens (including phenoxy) is 1. The van der Waals surface area contributed by atoms with Crippen molar-refractivity contribution in [3.05, 3.63) is 10.6 Å². The van der Waals surface area contributed by atoms with Gasteiger partial charge in [0.15, 0.2) is 0 Å². The fourth-order valence-corrected chi connectivity index (χ4v) is 1.60. The van der Waals surface area contributed by atoms with E-state index in [1.165, 1.54) is 0 Å². The molecule has 82 valence electrons. The van der Waals surface area contributed by atoms with Crippen LogP contribution in [0.1, 0.15) is 0 Å². The second-order valence-corrected chi connectivity index (χ2v) is 3.73. The Morgan fingerprint density at radius 2 is 1.87 bits per heavy atom. The van der Waals surface area contributed by atoms with E-state index in [1.54, 1.807) is 0 Å². The number of aromatic nitrogens is 3. The minimum atomic E-state index is -0.584. The maximum atomic E-state index is 9.46. The van der Waals surface area contributed by atoms with Crippen molar-refractivity contribution in [3.8, 4) is 0 Å². The number of hydrogen-bond acceptors (Lipinski definition) is 6. The highest BCUT2D eigenvalue weighted by Crippen LogP contribution is 2.14. The van der Waals surface area contributed by atoms with Crippen molar-refractivity contribution in [1.29, 1.82) is 0 Å². The zero-order chi connectivity index (χ0) is 10.8. The number of halogens is 2. The molecule has 0 spiro atoms. The summed E-state index contributed by atoms with van der Waals surface area (Å²) in [6, 6.07) is -0.250. The standard InChI is InChI=1S/C7H8Cl2N4O2/c8-5-11-6(9)13-7(12-5)10-3-1-15-2-4(3)14/h3-4,14H,1-2H2,(H,10,11,12,13). The van der Waals surface area contributed by atoms with Gasteiger partial charge in [-0.3, -0.25) is 0 Å². The molecule has 2 rings (SSSR count). The molecular weight excluding hydrogens is 243 g/mol. The summed E-state index contributed by atoms with van der Waals surface area (Å²) in [6.07, 6.45) is -0.584. The normalized spacial score (nSPS) is 25.5. The van der Waals surface area contributed by atoms with Crippen LogP contribution in [0.3, 0.4) is 0 Å². The molecular formula is C7H8Cl2N4O2. The number of rotatable bonds is 2. The third-order valence-corrected chi connectivity index (χ3v) is 2.28. The molecule has 6 nitrogen and oxygen atoms in total. The highest BCUT2D eigenvalue weighted by molar-refractivity contribution is 6.31. The molecule has 1 fully saturated rings. The van der Waals surface area contributed by atoms with E-state index in [0.717, 1.165) is 0 Å². The van der Waals surface area contributed by atoms with E-state index in [9.17, 15) is 5.11 Å². The minimum Gasteiger partial charge on any atom is -0.388 e. The lowest BCUT2D eigenvalue weighted by molar-refractivity contribution is 0.125. The Kier molecular flexibility index (Phi) is 3.20. The Morgan fingerprint density at radius 3 is 2.40 bits per heavy atom. The Hall–Kier alpha value is -0.690. The Bertz CT molecular complexity index is 345. The molecule has 0 aromatic carbocycles. The van der Waals surface area contributed by atoms with Gasteiger partial charge >= 0.3 is 0 Å². The molecule has 1 aromatic heterocycles. The van der Waals surface area contributed by atoms with Gasteiger partial charge in [0.2, 0.25) is 16.5 Å². The zero-order valence-electron chi connectivity index (χ0n) is 7.52. The lowest BCUT2D eigenvalue weighted by Gasteiger charge is -2.13. The smallest absolute Gasteiger partial charge is 0.228 e. The topological polar surface area (TPSA) is 80.2 Å². The van der Waals surface area contributed by atoms with Crippen LogP contribution in [0, 0.1) is 0 Å². The molecule has 0 saturated carbocycles. The number of aliphatic hydroxyl groups excluding tert-OH is 1. The van der Waals surface area contributed by atoms with E-state index >= 15 is 0 Å². The summed E-state index contributed by atoms with van der Waals surface area (Å²) in [4.78, 5) is 11.2. The summed E-state index contributed by atoms with van der Waals surface area (Å²) < 4.78 is 5.05. The average Bonchev–Trinajstić information content (AvgIpc) is 2.50. The van der Waals surface area contributed by atoms with Gasteiger partial charge in [-0.2, -0.15) is 15.0 Å². The Balaban J connectivity index is 2.10. The van der Waals surface area contributed by atoms with Crippen LogP contribution in [0.2, 0.25) is 10.6 Å². The molecule has 2 N–H and O–H groups in total. The molecule has 0 aliphatic carbocycles. The molecule has 0 amide bonds. The first kappa shape index (κ1) is 10.8. The molecule has 8 heteroatoms. The van der Waals surface area contributed by atoms with E-state index in [4.69, 9.17) is 27.9 Å². The average molecular weight is 251 g/mol. The lowest BCUT2D eigenvalue weighted by Crippen LogP contribution is -2.32. The summed E-state index contributed by atoms with van der Waals surface area (Å²) in [7, 11) is 0. The van der Waals surface area contributed by atoms with Crippen molar-refractivity contribution in [2.75, 3.05) is 18.5 Å². The first-order chi connectivity index (χ1) is 7.15. The molecule has 1 aliphatic heterocycles. The highest BCUT2D eigenvalue weighted by atomic mass is 35.5. The zero-order valence-corrected chi connectivity index (χ0v) is 9.03. The van der Waals surface area contributed by atoms with Gasteiger partial charge in [-0.15, -0.1) is 0 Å². The van der Waals surface area contributed by atoms with Crippen molar-refractivity contribution >= 4 is 29.2 Å². The predicted octanol–water partition coefficient (Wildman–Crippen LogP) is 0.350. The molecule has 0 radical (unpaired) electrons. The highest BCUT2D eigenvalue weighted by Gasteiger charge is 2.26. The van der Waals surface area contributed by atoms with Crippen LogP contribution < -0.4 is 5.32 Å². The van der Waals surface area contributed by atoms with Crippen LogP contribution in [-0.2, 0) is 4.74 Å². The molecule has 15 heavy (non-hydrogen) atoms. The van der Waals surface area contributed by atoms with Crippen LogP contribution in [0.4, 0.5) is 5.95 Å². The van der Waals surface area contributed by atoms with Gasteiger partial charge in [0, 0.05) is 0 Å². The number of nitrogens with one attached hydrogen (secondary N) is 1. The van der Waals surface area contributed by atoms with Crippen LogP contribution in [0.15, 0.2) is 0 Å². The van der Waals surface area contributed by atoms with E-state index in [-0.39, 0.29) is 22.6 Å². The van der Waals surface area contributed by atoms with Gasteiger partial charge in [-0.05, 0) is 23.2 Å². The summed E-state index contributed by atoms with van der Waals surface area (Å²) in [5.74, 6) is 0.231. The first-order valence-corrected chi connectivity index (χ1v) is 5.00. The molecule has 2 unspecified atom stereocenters. The van der Waals surface area contributed by atoms with Crippen molar-refractivity contribution < 1.29 is 9.84 Å². The van der Waals surface area contributed by atoms with Crippen molar-refractivity contribution in [1.82, 2.24) is 15.0 Å². The number of anilines is 1. The quantitative estimate of drug-likeness (QED) is 0.789. The van der Waals surface area contributed by atoms with Crippen LogP contribution in [0.25, 0.3) is 0 Å². The van der Waals surface area contributed by atoms with E-state index < -0.39 is 6.10 Å². The monoisotopic (exact) mass is 250 g/mol. The fraction of sp³-hybridized carbons (Fsp3) is 0.571. The molecule has 2 atom stereocenters. The van der Waals surface area contributed by atoms with Gasteiger partial charge in [-0.1, -0.05) is 0 Å². The Morgan fingerprint density at radius 1 is 1.20 bits per heavy atom. The van der Waals surface area contributed by atoms with Gasteiger partial charge in [0.05, 0.1) is 25.4 Å². The van der Waals surface area contributed by atoms with Gasteiger partial charge in [-0.25, -0.2) is 0 Å². The van der Waals surface area contributed by atoms with Gasteiger partial charge < -0.3 is 15.2 Å². The number of nitrogens with zero attached hydrogens (tertiary/aromatic N) is 3.